The molecule has 3 aromatic carbocycles. The van der Waals surface area contributed by atoms with E-state index in [4.69, 9.17) is 9.47 Å². The van der Waals surface area contributed by atoms with Gasteiger partial charge in [0.05, 0.1) is 6.61 Å². The van der Waals surface area contributed by atoms with Crippen LogP contribution in [0.15, 0.2) is 78.0 Å². The Morgan fingerprint density at radius 2 is 1.56 bits per heavy atom. The first-order chi connectivity index (χ1) is 17.4. The fraction of sp³-hybridized carbons (Fsp3) is 0.259. The van der Waals surface area contributed by atoms with Gasteiger partial charge in [-0.25, -0.2) is 0 Å². The van der Waals surface area contributed by atoms with Crippen molar-refractivity contribution in [2.24, 2.45) is 0 Å². The second-order valence-corrected chi connectivity index (χ2v) is 9.43. The molecule has 1 heterocycles. The van der Waals surface area contributed by atoms with Gasteiger partial charge in [-0.3, -0.25) is 14.7 Å². The van der Waals surface area contributed by atoms with Gasteiger partial charge in [-0.05, 0) is 68.3 Å². The van der Waals surface area contributed by atoms with Gasteiger partial charge < -0.3 is 9.47 Å². The molecule has 9 heteroatoms. The highest BCUT2D eigenvalue weighted by Crippen LogP contribution is 2.36. The lowest BCUT2D eigenvalue weighted by atomic mass is 10.1. The topological polar surface area (TPSA) is 92.3 Å². The average molecular weight is 505 g/mol. The van der Waals surface area contributed by atoms with Crippen molar-refractivity contribution < 1.29 is 14.4 Å². The van der Waals surface area contributed by atoms with Crippen molar-refractivity contribution >= 4 is 11.8 Å². The van der Waals surface area contributed by atoms with Crippen molar-refractivity contribution in [2.75, 3.05) is 13.2 Å². The molecule has 0 aliphatic carbocycles. The minimum Gasteiger partial charge on any atom is -0.494 e. The van der Waals surface area contributed by atoms with Crippen molar-refractivity contribution in [3.05, 3.63) is 105 Å². The fourth-order valence-electron chi connectivity index (χ4n) is 3.68. The predicted octanol–water partition coefficient (Wildman–Crippen LogP) is 5.97. The molecule has 0 aliphatic heterocycles. The van der Waals surface area contributed by atoms with Crippen LogP contribution >= 0.6 is 11.8 Å². The van der Waals surface area contributed by atoms with Gasteiger partial charge in [0, 0.05) is 10.6 Å². The molecular weight excluding hydrogens is 476 g/mol. The summed E-state index contributed by atoms with van der Waals surface area (Å²) >= 11 is 1.32. The molecule has 0 aliphatic rings. The lowest BCUT2D eigenvalue weighted by Crippen LogP contribution is -2.11. The second kappa shape index (κ2) is 11.7. The summed E-state index contributed by atoms with van der Waals surface area (Å²) in [4.78, 5) is 11.2. The van der Waals surface area contributed by atoms with Crippen molar-refractivity contribution in [1.29, 1.82) is 0 Å². The molecular formula is C27H28N4O4S. The third-order valence-corrected chi connectivity index (χ3v) is 6.72. The highest BCUT2D eigenvalue weighted by molar-refractivity contribution is 7.99. The third-order valence-electron chi connectivity index (χ3n) is 5.54. The highest BCUT2D eigenvalue weighted by atomic mass is 32.2. The van der Waals surface area contributed by atoms with Gasteiger partial charge in [0.1, 0.15) is 29.2 Å². The molecule has 0 saturated carbocycles. The molecule has 0 amide bonds. The van der Waals surface area contributed by atoms with E-state index in [1.165, 1.54) is 17.3 Å². The van der Waals surface area contributed by atoms with Crippen LogP contribution in [0.2, 0.25) is 0 Å². The first-order valence-corrected chi connectivity index (χ1v) is 12.5. The Labute approximate surface area is 214 Å². The van der Waals surface area contributed by atoms with Gasteiger partial charge in [-0.1, -0.05) is 53.7 Å². The first kappa shape index (κ1) is 25.2. The molecule has 0 spiro atoms. The van der Waals surface area contributed by atoms with E-state index in [0.29, 0.717) is 29.9 Å². The monoisotopic (exact) mass is 504 g/mol. The van der Waals surface area contributed by atoms with Gasteiger partial charge in [-0.15, -0.1) is 10.2 Å². The highest BCUT2D eigenvalue weighted by Gasteiger charge is 2.24. The fourth-order valence-corrected chi connectivity index (χ4v) is 4.85. The van der Waals surface area contributed by atoms with Crippen LogP contribution < -0.4 is 9.47 Å². The lowest BCUT2D eigenvalue weighted by molar-refractivity contribution is -0.479. The SMILES string of the molecule is CCOc1ccc(-n2c(C)nnc2S[C@H](C[N+](=O)[O-])c2ccc(OCc3ccc(C)cc3)cc2)cc1. The maximum Gasteiger partial charge on any atom is 0.220 e. The maximum atomic E-state index is 11.5. The number of ether oxygens (including phenoxy) is 2. The number of rotatable bonds is 11. The summed E-state index contributed by atoms with van der Waals surface area (Å²) in [7, 11) is 0. The van der Waals surface area contributed by atoms with Gasteiger partial charge >= 0.3 is 0 Å². The molecule has 1 atom stereocenters. The number of thioether (sulfide) groups is 1. The number of benzene rings is 3. The van der Waals surface area contributed by atoms with Crippen molar-refractivity contribution in [3.63, 3.8) is 0 Å². The lowest BCUT2D eigenvalue weighted by Gasteiger charge is -2.15. The molecule has 186 valence electrons. The molecule has 4 aromatic rings. The van der Waals surface area contributed by atoms with Crippen LogP contribution in [-0.2, 0) is 6.61 Å². The van der Waals surface area contributed by atoms with Gasteiger partial charge in [0.15, 0.2) is 5.16 Å². The van der Waals surface area contributed by atoms with Gasteiger partial charge in [-0.2, -0.15) is 0 Å². The van der Waals surface area contributed by atoms with Crippen molar-refractivity contribution in [3.8, 4) is 17.2 Å². The van der Waals surface area contributed by atoms with E-state index in [-0.39, 0.29) is 11.5 Å². The largest absolute Gasteiger partial charge is 0.494 e. The molecule has 0 saturated heterocycles. The molecule has 36 heavy (non-hydrogen) atoms. The Kier molecular flexibility index (Phi) is 8.22. The third kappa shape index (κ3) is 6.42. The summed E-state index contributed by atoms with van der Waals surface area (Å²) in [5, 5.41) is 20.2. The Morgan fingerprint density at radius 1 is 0.917 bits per heavy atom. The van der Waals surface area contributed by atoms with Crippen LogP contribution in [0.3, 0.4) is 0 Å². The van der Waals surface area contributed by atoms with Crippen LogP contribution in [-0.4, -0.2) is 32.8 Å². The molecule has 0 radical (unpaired) electrons. The summed E-state index contributed by atoms with van der Waals surface area (Å²) in [5.74, 6) is 2.18. The van der Waals surface area contributed by atoms with Crippen LogP contribution in [0.4, 0.5) is 0 Å². The zero-order valence-corrected chi connectivity index (χ0v) is 21.3. The minimum atomic E-state index is -0.448. The van der Waals surface area contributed by atoms with E-state index in [2.05, 4.69) is 22.3 Å². The molecule has 0 bridgehead atoms. The molecule has 4 rings (SSSR count). The van der Waals surface area contributed by atoms with E-state index >= 15 is 0 Å². The molecule has 0 N–H and O–H groups in total. The Hall–Kier alpha value is -3.85. The first-order valence-electron chi connectivity index (χ1n) is 11.6. The van der Waals surface area contributed by atoms with E-state index in [0.717, 1.165) is 22.6 Å². The summed E-state index contributed by atoms with van der Waals surface area (Å²) in [6.45, 7) is 6.64. The van der Waals surface area contributed by atoms with Gasteiger partial charge in [0.25, 0.3) is 0 Å². The quantitative estimate of drug-likeness (QED) is 0.141. The molecule has 0 fully saturated rings. The van der Waals surface area contributed by atoms with Gasteiger partial charge in [0.2, 0.25) is 6.54 Å². The number of nitro groups is 1. The van der Waals surface area contributed by atoms with Crippen LogP contribution in [0, 0.1) is 24.0 Å². The second-order valence-electron chi connectivity index (χ2n) is 8.26. The average Bonchev–Trinajstić information content (AvgIpc) is 3.24. The van der Waals surface area contributed by atoms with E-state index in [9.17, 15) is 10.1 Å². The molecule has 8 nitrogen and oxygen atoms in total. The normalized spacial score (nSPS) is 11.8. The predicted molar refractivity (Wildman–Crippen MR) is 140 cm³/mol. The Bertz CT molecular complexity index is 1290. The Balaban J connectivity index is 1.51. The zero-order chi connectivity index (χ0) is 25.5. The number of aromatic nitrogens is 3. The van der Waals surface area contributed by atoms with E-state index in [1.807, 2.05) is 86.0 Å². The molecule has 1 aromatic heterocycles. The smallest absolute Gasteiger partial charge is 0.220 e. The van der Waals surface area contributed by atoms with E-state index < -0.39 is 5.25 Å². The summed E-state index contributed by atoms with van der Waals surface area (Å²) in [6.07, 6.45) is 0. The minimum absolute atomic E-state index is 0.247. The number of hydrogen-bond acceptors (Lipinski definition) is 7. The Morgan fingerprint density at radius 3 is 2.19 bits per heavy atom. The van der Waals surface area contributed by atoms with Crippen molar-refractivity contribution in [1.82, 2.24) is 14.8 Å². The number of aryl methyl sites for hydroxylation is 2. The van der Waals surface area contributed by atoms with E-state index in [1.54, 1.807) is 0 Å². The van der Waals surface area contributed by atoms with Crippen LogP contribution in [0.1, 0.15) is 34.7 Å². The standard InChI is InChI=1S/C27H28N4O4S/c1-4-34-24-15-11-23(12-16-24)31-20(3)28-29-27(31)36-26(17-30(32)33)22-9-13-25(14-10-22)35-18-21-7-5-19(2)6-8-21/h5-16,26H,4,17-18H2,1-3H3/t26-/m1/s1. The zero-order valence-electron chi connectivity index (χ0n) is 20.5. The van der Waals surface area contributed by atoms with Crippen LogP contribution in [0.25, 0.3) is 5.69 Å². The summed E-state index contributed by atoms with van der Waals surface area (Å²) < 4.78 is 13.3. The molecule has 0 unspecified atom stereocenters. The summed E-state index contributed by atoms with van der Waals surface area (Å²) in [5.41, 5.74) is 3.96. The van der Waals surface area contributed by atoms with Crippen molar-refractivity contribution in [2.45, 2.75) is 37.8 Å². The maximum absolute atomic E-state index is 11.5. The van der Waals surface area contributed by atoms with Crippen LogP contribution in [0.5, 0.6) is 11.5 Å². The summed E-state index contributed by atoms with van der Waals surface area (Å²) in [6, 6.07) is 23.2. The number of hydrogen-bond donors (Lipinski definition) is 0. The number of nitrogens with zero attached hydrogens (tertiary/aromatic N) is 4.